The SMILES string of the molecule is Cc1cc(C)c(-n2c(O)c(C=NCCC[NH+](C)C)c(=O)[nH]c2=O)c(C)c1. The Morgan fingerprint density at radius 1 is 1.19 bits per heavy atom. The van der Waals surface area contributed by atoms with E-state index in [-0.39, 0.29) is 5.56 Å². The molecule has 1 heterocycles. The molecular weight excluding hydrogens is 332 g/mol. The van der Waals surface area contributed by atoms with Crippen molar-refractivity contribution >= 4 is 6.21 Å². The Morgan fingerprint density at radius 3 is 2.38 bits per heavy atom. The molecule has 140 valence electrons. The first-order valence-corrected chi connectivity index (χ1v) is 8.67. The van der Waals surface area contributed by atoms with Gasteiger partial charge in [0.2, 0.25) is 5.88 Å². The molecule has 7 heteroatoms. The first-order valence-electron chi connectivity index (χ1n) is 8.67. The van der Waals surface area contributed by atoms with E-state index in [1.807, 2.05) is 32.9 Å². The zero-order valence-electron chi connectivity index (χ0n) is 16.0. The van der Waals surface area contributed by atoms with E-state index in [2.05, 4.69) is 24.1 Å². The molecule has 0 spiro atoms. The van der Waals surface area contributed by atoms with Crippen LogP contribution < -0.4 is 16.1 Å². The molecule has 0 aliphatic rings. The molecule has 2 rings (SSSR count). The smallest absolute Gasteiger partial charge is 0.335 e. The number of quaternary nitrogens is 1. The molecule has 0 saturated heterocycles. The number of benzene rings is 1. The number of aliphatic imine (C=N–C) groups is 1. The van der Waals surface area contributed by atoms with E-state index in [9.17, 15) is 14.7 Å². The highest BCUT2D eigenvalue weighted by Crippen LogP contribution is 2.23. The molecule has 7 nitrogen and oxygen atoms in total. The number of aromatic nitrogens is 2. The highest BCUT2D eigenvalue weighted by Gasteiger charge is 2.17. The molecule has 26 heavy (non-hydrogen) atoms. The van der Waals surface area contributed by atoms with Gasteiger partial charge in [-0.2, -0.15) is 0 Å². The van der Waals surface area contributed by atoms with Gasteiger partial charge in [-0.25, -0.2) is 9.36 Å². The zero-order valence-corrected chi connectivity index (χ0v) is 16.0. The minimum Gasteiger partial charge on any atom is -0.493 e. The molecule has 1 aromatic carbocycles. The summed E-state index contributed by atoms with van der Waals surface area (Å²) in [7, 11) is 4.12. The Kier molecular flexibility index (Phi) is 6.15. The van der Waals surface area contributed by atoms with Crippen LogP contribution in [0.5, 0.6) is 5.88 Å². The third-order valence-corrected chi connectivity index (χ3v) is 4.16. The largest absolute Gasteiger partial charge is 0.493 e. The standard InChI is InChI=1S/C19H26N4O3/c1-12-9-13(2)16(14(3)10-12)23-18(25)15(17(24)21-19(23)26)11-20-7-6-8-22(4)5/h9-11,25H,6-8H2,1-5H3,(H,21,24,26)/p+1. The molecule has 3 N–H and O–H groups in total. The number of nitrogens with zero attached hydrogens (tertiary/aromatic N) is 2. The van der Waals surface area contributed by atoms with Gasteiger partial charge in [-0.05, 0) is 31.9 Å². The quantitative estimate of drug-likeness (QED) is 0.505. The molecule has 0 aliphatic heterocycles. The van der Waals surface area contributed by atoms with Crippen molar-refractivity contribution in [3.8, 4) is 11.6 Å². The molecule has 0 amide bonds. The molecule has 0 radical (unpaired) electrons. The van der Waals surface area contributed by atoms with Crippen molar-refractivity contribution in [3.63, 3.8) is 0 Å². The van der Waals surface area contributed by atoms with Crippen molar-refractivity contribution in [2.75, 3.05) is 27.2 Å². The Hall–Kier alpha value is -2.67. The predicted octanol–water partition coefficient (Wildman–Crippen LogP) is 0.110. The third-order valence-electron chi connectivity index (χ3n) is 4.16. The fraction of sp³-hybridized carbons (Fsp3) is 0.421. The van der Waals surface area contributed by atoms with Crippen LogP contribution in [0.2, 0.25) is 0 Å². The fourth-order valence-electron chi connectivity index (χ4n) is 3.07. The number of H-pyrrole nitrogens is 1. The van der Waals surface area contributed by atoms with Crippen molar-refractivity contribution in [1.82, 2.24) is 9.55 Å². The average Bonchev–Trinajstić information content (AvgIpc) is 2.51. The molecule has 0 bridgehead atoms. The van der Waals surface area contributed by atoms with Crippen LogP contribution in [0.4, 0.5) is 0 Å². The summed E-state index contributed by atoms with van der Waals surface area (Å²) < 4.78 is 1.14. The van der Waals surface area contributed by atoms with Crippen LogP contribution in [0.3, 0.4) is 0 Å². The van der Waals surface area contributed by atoms with Gasteiger partial charge in [0.25, 0.3) is 5.56 Å². The number of hydrogen-bond donors (Lipinski definition) is 3. The van der Waals surface area contributed by atoms with E-state index in [1.165, 1.54) is 11.1 Å². The third kappa shape index (κ3) is 4.29. The van der Waals surface area contributed by atoms with Gasteiger partial charge < -0.3 is 10.0 Å². The van der Waals surface area contributed by atoms with Crippen LogP contribution in [0.15, 0.2) is 26.7 Å². The van der Waals surface area contributed by atoms with Gasteiger partial charge in [0.15, 0.2) is 0 Å². The molecule has 0 atom stereocenters. The van der Waals surface area contributed by atoms with Crippen molar-refractivity contribution in [1.29, 1.82) is 0 Å². The first kappa shape index (κ1) is 19.7. The lowest BCUT2D eigenvalue weighted by Gasteiger charge is -2.15. The number of aryl methyl sites for hydroxylation is 3. The lowest BCUT2D eigenvalue weighted by atomic mass is 10.0. The van der Waals surface area contributed by atoms with Gasteiger partial charge in [0, 0.05) is 19.2 Å². The van der Waals surface area contributed by atoms with E-state index in [4.69, 9.17) is 0 Å². The molecule has 0 unspecified atom stereocenters. The van der Waals surface area contributed by atoms with E-state index in [0.717, 1.165) is 34.2 Å². The van der Waals surface area contributed by atoms with Crippen LogP contribution in [0, 0.1) is 20.8 Å². The van der Waals surface area contributed by atoms with Gasteiger partial charge in [-0.1, -0.05) is 17.7 Å². The van der Waals surface area contributed by atoms with Gasteiger partial charge >= 0.3 is 5.69 Å². The average molecular weight is 359 g/mol. The van der Waals surface area contributed by atoms with Crippen molar-refractivity contribution in [2.24, 2.45) is 4.99 Å². The summed E-state index contributed by atoms with van der Waals surface area (Å²) in [6.07, 6.45) is 2.21. The Morgan fingerprint density at radius 2 is 1.81 bits per heavy atom. The van der Waals surface area contributed by atoms with Crippen LogP contribution >= 0.6 is 0 Å². The molecule has 0 saturated carbocycles. The number of aromatic hydroxyl groups is 1. The molecule has 2 aromatic rings. The monoisotopic (exact) mass is 359 g/mol. The fourth-order valence-corrected chi connectivity index (χ4v) is 3.07. The summed E-state index contributed by atoms with van der Waals surface area (Å²) in [5, 5.41) is 10.6. The number of nitrogens with one attached hydrogen (secondary N) is 2. The maximum atomic E-state index is 12.4. The summed E-state index contributed by atoms with van der Waals surface area (Å²) in [5.41, 5.74) is 1.98. The lowest BCUT2D eigenvalue weighted by molar-refractivity contribution is -0.858. The molecular formula is C19H27N4O3+. The van der Waals surface area contributed by atoms with Gasteiger partial charge in [0.1, 0.15) is 5.56 Å². The second kappa shape index (κ2) is 8.14. The van der Waals surface area contributed by atoms with Crippen LogP contribution in [0.25, 0.3) is 5.69 Å². The van der Waals surface area contributed by atoms with Crippen molar-refractivity contribution in [3.05, 3.63) is 55.2 Å². The maximum Gasteiger partial charge on any atom is 0.335 e. The van der Waals surface area contributed by atoms with E-state index in [1.54, 1.807) is 0 Å². The minimum absolute atomic E-state index is 0.0128. The van der Waals surface area contributed by atoms with Crippen molar-refractivity contribution in [2.45, 2.75) is 27.2 Å². The molecule has 1 aromatic heterocycles. The zero-order chi connectivity index (χ0) is 19.4. The van der Waals surface area contributed by atoms with Gasteiger partial charge in [-0.15, -0.1) is 0 Å². The van der Waals surface area contributed by atoms with Gasteiger partial charge in [0.05, 0.1) is 26.3 Å². The van der Waals surface area contributed by atoms with Crippen LogP contribution in [-0.2, 0) is 0 Å². The predicted molar refractivity (Wildman–Crippen MR) is 103 cm³/mol. The van der Waals surface area contributed by atoms with E-state index < -0.39 is 17.1 Å². The summed E-state index contributed by atoms with van der Waals surface area (Å²) in [6.45, 7) is 7.20. The molecule has 0 fully saturated rings. The van der Waals surface area contributed by atoms with E-state index >= 15 is 0 Å². The Bertz CT molecular complexity index is 916. The summed E-state index contributed by atoms with van der Waals surface area (Å²) in [5.74, 6) is -0.393. The summed E-state index contributed by atoms with van der Waals surface area (Å²) in [6, 6.07) is 3.85. The normalized spacial score (nSPS) is 11.6. The number of aromatic amines is 1. The van der Waals surface area contributed by atoms with Crippen molar-refractivity contribution < 1.29 is 10.0 Å². The highest BCUT2D eigenvalue weighted by atomic mass is 16.3. The second-order valence-corrected chi connectivity index (χ2v) is 6.93. The van der Waals surface area contributed by atoms with Gasteiger partial charge in [-0.3, -0.25) is 14.8 Å². The van der Waals surface area contributed by atoms with Crippen LogP contribution in [0.1, 0.15) is 28.7 Å². The highest BCUT2D eigenvalue weighted by molar-refractivity contribution is 5.82. The Balaban J connectivity index is 2.49. The topological polar surface area (TPSA) is 91.9 Å². The number of hydrogen-bond acceptors (Lipinski definition) is 4. The lowest BCUT2D eigenvalue weighted by Crippen LogP contribution is -3.05. The van der Waals surface area contributed by atoms with Crippen LogP contribution in [-0.4, -0.2) is 48.1 Å². The molecule has 0 aliphatic carbocycles. The maximum absolute atomic E-state index is 12.4. The summed E-state index contributed by atoms with van der Waals surface area (Å²) >= 11 is 0. The second-order valence-electron chi connectivity index (χ2n) is 6.93. The minimum atomic E-state index is -0.670. The Labute approximate surface area is 152 Å². The van der Waals surface area contributed by atoms with E-state index in [0.29, 0.717) is 12.2 Å². The number of rotatable bonds is 6. The summed E-state index contributed by atoms with van der Waals surface area (Å²) in [4.78, 5) is 32.3. The first-order chi connectivity index (χ1) is 12.2.